The Labute approximate surface area is 210 Å². The summed E-state index contributed by atoms with van der Waals surface area (Å²) >= 11 is 0. The molecule has 2 bridgehead atoms. The summed E-state index contributed by atoms with van der Waals surface area (Å²) in [5.41, 5.74) is -1.91. The summed E-state index contributed by atoms with van der Waals surface area (Å²) in [5.74, 6) is -1.93. The highest BCUT2D eigenvalue weighted by Crippen LogP contribution is 2.65. The van der Waals surface area contributed by atoms with Gasteiger partial charge < -0.3 is 24.5 Å². The van der Waals surface area contributed by atoms with Crippen molar-refractivity contribution in [3.8, 4) is 0 Å². The maximum Gasteiger partial charge on any atom is 0.248 e. The molecule has 3 rings (SSSR count). The Kier molecular flexibility index (Phi) is 8.16. The fourth-order valence-corrected chi connectivity index (χ4v) is 6.64. The third-order valence-corrected chi connectivity index (χ3v) is 8.26. The minimum atomic E-state index is -1.07. The van der Waals surface area contributed by atoms with E-state index in [1.807, 2.05) is 27.7 Å². The Morgan fingerprint density at radius 3 is 2.46 bits per heavy atom. The summed E-state index contributed by atoms with van der Waals surface area (Å²) < 4.78 is 6.77. The second kappa shape index (κ2) is 10.4. The van der Waals surface area contributed by atoms with Gasteiger partial charge in [-0.2, -0.15) is 0 Å². The predicted octanol–water partition coefficient (Wildman–Crippen LogP) is 2.23. The number of aliphatic hydroxyl groups excluding tert-OH is 1. The summed E-state index contributed by atoms with van der Waals surface area (Å²) in [4.78, 5) is 47.1. The lowest BCUT2D eigenvalue weighted by molar-refractivity contribution is -0.155. The van der Waals surface area contributed by atoms with E-state index in [-0.39, 0.29) is 42.8 Å². The second-order valence-corrected chi connectivity index (χ2v) is 10.8. The highest BCUT2D eigenvalue weighted by molar-refractivity contribution is 5.99. The van der Waals surface area contributed by atoms with Gasteiger partial charge in [-0.1, -0.05) is 26.0 Å². The van der Waals surface area contributed by atoms with Gasteiger partial charge in [0, 0.05) is 38.8 Å². The van der Waals surface area contributed by atoms with Gasteiger partial charge in [-0.25, -0.2) is 0 Å². The minimum absolute atomic E-state index is 0.00676. The first-order valence-corrected chi connectivity index (χ1v) is 13.0. The molecule has 3 aliphatic heterocycles. The Hall–Kier alpha value is -2.19. The van der Waals surface area contributed by atoms with Crippen LogP contribution in [0.25, 0.3) is 0 Å². The molecule has 0 radical (unpaired) electrons. The molecule has 3 aliphatic rings. The SMILES string of the molecule is C=CCN(CCC)C(=O)[C@@H]1[C@H]2C(=O)N(CCCO)C(C(=O)N(CC=C)C(C)C)C23CC(C)[C@@]1(C)O3. The highest BCUT2D eigenvalue weighted by atomic mass is 16.5. The van der Waals surface area contributed by atoms with Crippen LogP contribution in [0.15, 0.2) is 25.3 Å². The van der Waals surface area contributed by atoms with Crippen molar-refractivity contribution in [2.75, 3.05) is 32.8 Å². The van der Waals surface area contributed by atoms with Crippen LogP contribution in [0.1, 0.15) is 53.9 Å². The number of carbonyl (C=O) groups excluding carboxylic acids is 3. The molecule has 35 heavy (non-hydrogen) atoms. The van der Waals surface area contributed by atoms with Gasteiger partial charge in [-0.15, -0.1) is 13.2 Å². The van der Waals surface area contributed by atoms with Crippen LogP contribution in [0.4, 0.5) is 0 Å². The lowest BCUT2D eigenvalue weighted by Gasteiger charge is -2.39. The summed E-state index contributed by atoms with van der Waals surface area (Å²) in [6.45, 7) is 18.9. The number of hydrogen-bond donors (Lipinski definition) is 1. The largest absolute Gasteiger partial charge is 0.396 e. The number of rotatable bonds is 12. The number of nitrogens with zero attached hydrogens (tertiary/aromatic N) is 3. The molecule has 0 aromatic heterocycles. The van der Waals surface area contributed by atoms with Crippen LogP contribution in [-0.2, 0) is 19.1 Å². The quantitative estimate of drug-likeness (QED) is 0.425. The fraction of sp³-hybridized carbons (Fsp3) is 0.741. The average Bonchev–Trinajstić information content (AvgIpc) is 3.31. The van der Waals surface area contributed by atoms with Gasteiger partial charge in [-0.3, -0.25) is 14.4 Å². The van der Waals surface area contributed by atoms with E-state index in [1.165, 1.54) is 0 Å². The molecule has 1 spiro atoms. The first-order chi connectivity index (χ1) is 16.5. The first kappa shape index (κ1) is 27.4. The Bertz CT molecular complexity index is 860. The molecule has 196 valence electrons. The number of amides is 3. The summed E-state index contributed by atoms with van der Waals surface area (Å²) in [6.07, 6.45) is 5.06. The lowest BCUT2D eigenvalue weighted by Crippen LogP contribution is -2.58. The van der Waals surface area contributed by atoms with E-state index in [1.54, 1.807) is 26.9 Å². The summed E-state index contributed by atoms with van der Waals surface area (Å²) in [5, 5.41) is 9.52. The molecule has 1 N–H and O–H groups in total. The molecular weight excluding hydrogens is 446 g/mol. The van der Waals surface area contributed by atoms with E-state index in [9.17, 15) is 19.5 Å². The molecule has 3 heterocycles. The number of aliphatic hydroxyl groups is 1. The Morgan fingerprint density at radius 1 is 1.26 bits per heavy atom. The molecule has 0 aliphatic carbocycles. The van der Waals surface area contributed by atoms with Crippen molar-refractivity contribution < 1.29 is 24.2 Å². The van der Waals surface area contributed by atoms with Crippen LogP contribution in [0.5, 0.6) is 0 Å². The average molecular weight is 490 g/mol. The zero-order valence-corrected chi connectivity index (χ0v) is 22.0. The summed E-state index contributed by atoms with van der Waals surface area (Å²) in [6, 6.07) is -0.933. The van der Waals surface area contributed by atoms with E-state index < -0.39 is 29.1 Å². The van der Waals surface area contributed by atoms with Crippen molar-refractivity contribution in [1.29, 1.82) is 0 Å². The van der Waals surface area contributed by atoms with Crippen molar-refractivity contribution in [3.63, 3.8) is 0 Å². The molecule has 3 saturated heterocycles. The maximum atomic E-state index is 14.1. The molecule has 3 fully saturated rings. The van der Waals surface area contributed by atoms with E-state index in [0.29, 0.717) is 32.5 Å². The molecule has 3 unspecified atom stereocenters. The zero-order valence-electron chi connectivity index (χ0n) is 22.0. The predicted molar refractivity (Wildman–Crippen MR) is 134 cm³/mol. The van der Waals surface area contributed by atoms with Crippen molar-refractivity contribution in [2.45, 2.75) is 77.2 Å². The fourth-order valence-electron chi connectivity index (χ4n) is 6.64. The topological polar surface area (TPSA) is 90.4 Å². The number of likely N-dealkylation sites (tertiary alicyclic amines) is 1. The van der Waals surface area contributed by atoms with Crippen LogP contribution >= 0.6 is 0 Å². The number of carbonyl (C=O) groups is 3. The minimum Gasteiger partial charge on any atom is -0.396 e. The van der Waals surface area contributed by atoms with Crippen molar-refractivity contribution in [1.82, 2.24) is 14.7 Å². The van der Waals surface area contributed by atoms with Gasteiger partial charge in [0.2, 0.25) is 17.7 Å². The third-order valence-electron chi connectivity index (χ3n) is 8.26. The van der Waals surface area contributed by atoms with E-state index in [0.717, 1.165) is 6.42 Å². The van der Waals surface area contributed by atoms with Crippen LogP contribution in [0.2, 0.25) is 0 Å². The smallest absolute Gasteiger partial charge is 0.248 e. The molecule has 8 nitrogen and oxygen atoms in total. The molecule has 0 aromatic carbocycles. The Balaban J connectivity index is 2.12. The molecule has 8 heteroatoms. The maximum absolute atomic E-state index is 14.1. The Morgan fingerprint density at radius 2 is 1.91 bits per heavy atom. The van der Waals surface area contributed by atoms with Gasteiger partial charge in [0.05, 0.1) is 17.4 Å². The van der Waals surface area contributed by atoms with Crippen molar-refractivity contribution >= 4 is 17.7 Å². The standard InChI is InChI=1S/C27H43N3O5/c1-8-12-28(13-9-2)23(32)20-21-24(33)30(15-11-16-31)22(25(34)29(14-10-3)18(4)5)27(21)17-19(6)26(20,7)35-27/h8,10,18-22,31H,1,3,9,11-17H2,2,4-7H3/t19?,20-,21-,22?,26+,27?/m0/s1. The molecule has 3 amide bonds. The third kappa shape index (κ3) is 4.22. The van der Waals surface area contributed by atoms with Gasteiger partial charge >= 0.3 is 0 Å². The van der Waals surface area contributed by atoms with Crippen LogP contribution in [0.3, 0.4) is 0 Å². The second-order valence-electron chi connectivity index (χ2n) is 10.8. The van der Waals surface area contributed by atoms with E-state index >= 15 is 0 Å². The normalized spacial score (nSPS) is 33.2. The van der Waals surface area contributed by atoms with Crippen molar-refractivity contribution in [2.24, 2.45) is 17.8 Å². The lowest BCUT2D eigenvalue weighted by atomic mass is 9.62. The zero-order chi connectivity index (χ0) is 26.1. The van der Waals surface area contributed by atoms with Crippen LogP contribution < -0.4 is 0 Å². The first-order valence-electron chi connectivity index (χ1n) is 13.0. The van der Waals surface area contributed by atoms with Crippen molar-refractivity contribution in [3.05, 3.63) is 25.3 Å². The van der Waals surface area contributed by atoms with Crippen LogP contribution in [0, 0.1) is 17.8 Å². The number of fused-ring (bicyclic) bond motifs is 1. The van der Waals surface area contributed by atoms with E-state index in [4.69, 9.17) is 4.74 Å². The molecule has 0 saturated carbocycles. The summed E-state index contributed by atoms with van der Waals surface area (Å²) in [7, 11) is 0. The monoisotopic (exact) mass is 489 g/mol. The van der Waals surface area contributed by atoms with Gasteiger partial charge in [0.1, 0.15) is 11.6 Å². The molecular formula is C27H43N3O5. The van der Waals surface area contributed by atoms with E-state index in [2.05, 4.69) is 20.1 Å². The number of hydrogen-bond acceptors (Lipinski definition) is 5. The number of ether oxygens (including phenoxy) is 1. The molecule has 6 atom stereocenters. The highest BCUT2D eigenvalue weighted by Gasteiger charge is 2.80. The van der Waals surface area contributed by atoms with Gasteiger partial charge in [0.25, 0.3) is 0 Å². The van der Waals surface area contributed by atoms with Gasteiger partial charge in [0.15, 0.2) is 0 Å². The van der Waals surface area contributed by atoms with Crippen LogP contribution in [-0.4, -0.2) is 93.6 Å². The van der Waals surface area contributed by atoms with Gasteiger partial charge in [-0.05, 0) is 46.0 Å². The molecule has 0 aromatic rings.